The van der Waals surface area contributed by atoms with Crippen LogP contribution in [-0.4, -0.2) is 30.8 Å². The first-order chi connectivity index (χ1) is 8.04. The van der Waals surface area contributed by atoms with Crippen molar-refractivity contribution in [1.29, 1.82) is 0 Å². The third kappa shape index (κ3) is 2.41. The molecule has 1 saturated heterocycles. The number of nitrogen functional groups attached to an aromatic ring is 1. The average molecular weight is 256 g/mol. The molecule has 94 valence electrons. The Hall–Kier alpha value is -1.18. The van der Waals surface area contributed by atoms with E-state index in [0.717, 1.165) is 6.42 Å². The number of pyridine rings is 1. The largest absolute Gasteiger partial charge is 0.308 e. The predicted molar refractivity (Wildman–Crippen MR) is 64.6 cm³/mol. The number of anilines is 1. The van der Waals surface area contributed by atoms with E-state index in [1.54, 1.807) is 6.07 Å². The summed E-state index contributed by atoms with van der Waals surface area (Å²) in [5.41, 5.74) is 2.36. The molecule has 17 heavy (non-hydrogen) atoms. The van der Waals surface area contributed by atoms with Gasteiger partial charge in [-0.2, -0.15) is 4.31 Å². The van der Waals surface area contributed by atoms with E-state index < -0.39 is 10.0 Å². The van der Waals surface area contributed by atoms with Crippen molar-refractivity contribution in [3.63, 3.8) is 0 Å². The maximum atomic E-state index is 12.2. The highest BCUT2D eigenvalue weighted by Crippen LogP contribution is 2.23. The molecule has 1 aliphatic rings. The van der Waals surface area contributed by atoms with Crippen LogP contribution in [0.4, 0.5) is 5.82 Å². The van der Waals surface area contributed by atoms with Crippen molar-refractivity contribution in [1.82, 2.24) is 9.29 Å². The van der Waals surface area contributed by atoms with E-state index in [4.69, 9.17) is 5.84 Å². The van der Waals surface area contributed by atoms with E-state index in [1.807, 2.05) is 0 Å². The fourth-order valence-electron chi connectivity index (χ4n) is 1.88. The molecule has 0 aromatic carbocycles. The van der Waals surface area contributed by atoms with Crippen molar-refractivity contribution in [2.75, 3.05) is 18.5 Å². The second-order valence-electron chi connectivity index (χ2n) is 4.28. The van der Waals surface area contributed by atoms with Crippen LogP contribution in [-0.2, 0) is 10.0 Å². The fraction of sp³-hybridized carbons (Fsp3) is 0.500. The Morgan fingerprint density at radius 1 is 1.53 bits per heavy atom. The quantitative estimate of drug-likeness (QED) is 0.603. The van der Waals surface area contributed by atoms with Gasteiger partial charge in [0.05, 0.1) is 0 Å². The van der Waals surface area contributed by atoms with Gasteiger partial charge in [-0.1, -0.05) is 6.92 Å². The number of sulfonamides is 1. The van der Waals surface area contributed by atoms with Crippen LogP contribution >= 0.6 is 0 Å². The van der Waals surface area contributed by atoms with E-state index in [2.05, 4.69) is 17.3 Å². The molecule has 7 heteroatoms. The second-order valence-corrected chi connectivity index (χ2v) is 6.22. The molecule has 0 amide bonds. The average Bonchev–Trinajstić information content (AvgIpc) is 2.77. The number of nitrogens with zero attached hydrogens (tertiary/aromatic N) is 2. The summed E-state index contributed by atoms with van der Waals surface area (Å²) in [5.74, 6) is 6.04. The Morgan fingerprint density at radius 2 is 2.29 bits per heavy atom. The number of aromatic nitrogens is 1. The zero-order chi connectivity index (χ0) is 12.5. The van der Waals surface area contributed by atoms with Crippen LogP contribution in [0.15, 0.2) is 23.2 Å². The number of nitrogens with two attached hydrogens (primary N) is 1. The molecule has 2 rings (SSSR count). The lowest BCUT2D eigenvalue weighted by atomic mass is 10.2. The SMILES string of the molecule is CC1CCN(S(=O)(=O)c2ccc(NN)nc2)C1. The fourth-order valence-corrected chi connectivity index (χ4v) is 3.40. The van der Waals surface area contributed by atoms with E-state index in [0.29, 0.717) is 24.8 Å². The van der Waals surface area contributed by atoms with Gasteiger partial charge >= 0.3 is 0 Å². The van der Waals surface area contributed by atoms with Gasteiger partial charge in [0.25, 0.3) is 0 Å². The summed E-state index contributed by atoms with van der Waals surface area (Å²) in [6.45, 7) is 3.22. The molecule has 0 spiro atoms. The minimum Gasteiger partial charge on any atom is -0.308 e. The number of hydrazine groups is 1. The van der Waals surface area contributed by atoms with Gasteiger partial charge in [0.15, 0.2) is 0 Å². The Morgan fingerprint density at radius 3 is 2.76 bits per heavy atom. The van der Waals surface area contributed by atoms with Gasteiger partial charge in [-0.05, 0) is 24.5 Å². The zero-order valence-electron chi connectivity index (χ0n) is 9.63. The summed E-state index contributed by atoms with van der Waals surface area (Å²) in [5, 5.41) is 0. The summed E-state index contributed by atoms with van der Waals surface area (Å²) in [6, 6.07) is 3.06. The Bertz CT molecular complexity index is 486. The topological polar surface area (TPSA) is 88.3 Å². The summed E-state index contributed by atoms with van der Waals surface area (Å²) in [4.78, 5) is 4.13. The monoisotopic (exact) mass is 256 g/mol. The Balaban J connectivity index is 2.25. The first-order valence-electron chi connectivity index (χ1n) is 5.47. The lowest BCUT2D eigenvalue weighted by molar-refractivity contribution is 0.464. The second kappa shape index (κ2) is 4.59. The normalized spacial score (nSPS) is 21.6. The van der Waals surface area contributed by atoms with Crippen molar-refractivity contribution < 1.29 is 8.42 Å². The minimum atomic E-state index is -3.39. The predicted octanol–water partition coefficient (Wildman–Crippen LogP) is 0.398. The Kier molecular flexibility index (Phi) is 3.32. The van der Waals surface area contributed by atoms with Crippen LogP contribution in [0.3, 0.4) is 0 Å². The first kappa shape index (κ1) is 12.3. The number of rotatable bonds is 3. The Labute approximate surface area is 101 Å². The van der Waals surface area contributed by atoms with Gasteiger partial charge in [0.2, 0.25) is 10.0 Å². The molecule has 1 atom stereocenters. The molecule has 0 radical (unpaired) electrons. The van der Waals surface area contributed by atoms with Crippen molar-refractivity contribution in [2.24, 2.45) is 11.8 Å². The third-order valence-electron chi connectivity index (χ3n) is 2.91. The molecule has 0 saturated carbocycles. The highest BCUT2D eigenvalue weighted by molar-refractivity contribution is 7.89. The summed E-state index contributed by atoms with van der Waals surface area (Å²) >= 11 is 0. The van der Waals surface area contributed by atoms with Gasteiger partial charge in [0, 0.05) is 19.3 Å². The molecule has 0 aliphatic carbocycles. The number of nitrogens with one attached hydrogen (secondary N) is 1. The molecule has 2 heterocycles. The lowest BCUT2D eigenvalue weighted by Crippen LogP contribution is -2.28. The third-order valence-corrected chi connectivity index (χ3v) is 4.76. The van der Waals surface area contributed by atoms with E-state index >= 15 is 0 Å². The van der Waals surface area contributed by atoms with E-state index in [1.165, 1.54) is 16.6 Å². The molecule has 1 fully saturated rings. The van der Waals surface area contributed by atoms with Crippen LogP contribution in [0.2, 0.25) is 0 Å². The summed E-state index contributed by atoms with van der Waals surface area (Å²) < 4.78 is 25.9. The van der Waals surface area contributed by atoms with Crippen LogP contribution in [0.1, 0.15) is 13.3 Å². The smallest absolute Gasteiger partial charge is 0.244 e. The highest BCUT2D eigenvalue weighted by atomic mass is 32.2. The van der Waals surface area contributed by atoms with Crippen molar-refractivity contribution in [3.8, 4) is 0 Å². The molecule has 1 aliphatic heterocycles. The van der Waals surface area contributed by atoms with E-state index in [9.17, 15) is 8.42 Å². The van der Waals surface area contributed by atoms with Gasteiger partial charge in [0.1, 0.15) is 10.7 Å². The first-order valence-corrected chi connectivity index (χ1v) is 6.91. The number of hydrogen-bond donors (Lipinski definition) is 2. The van der Waals surface area contributed by atoms with Crippen molar-refractivity contribution in [3.05, 3.63) is 18.3 Å². The van der Waals surface area contributed by atoms with Gasteiger partial charge in [-0.15, -0.1) is 0 Å². The maximum Gasteiger partial charge on any atom is 0.244 e. The van der Waals surface area contributed by atoms with Gasteiger partial charge in [-0.3, -0.25) is 0 Å². The van der Waals surface area contributed by atoms with Crippen molar-refractivity contribution >= 4 is 15.8 Å². The summed E-state index contributed by atoms with van der Waals surface area (Å²) in [7, 11) is -3.39. The minimum absolute atomic E-state index is 0.214. The lowest BCUT2D eigenvalue weighted by Gasteiger charge is -2.15. The van der Waals surface area contributed by atoms with Crippen LogP contribution in [0.5, 0.6) is 0 Å². The van der Waals surface area contributed by atoms with Gasteiger partial charge in [-0.25, -0.2) is 19.2 Å². The maximum absolute atomic E-state index is 12.2. The van der Waals surface area contributed by atoms with Crippen molar-refractivity contribution in [2.45, 2.75) is 18.2 Å². The van der Waals surface area contributed by atoms with Crippen LogP contribution < -0.4 is 11.3 Å². The highest BCUT2D eigenvalue weighted by Gasteiger charge is 2.30. The molecular formula is C10H16N4O2S. The van der Waals surface area contributed by atoms with E-state index in [-0.39, 0.29) is 4.90 Å². The molecule has 3 N–H and O–H groups in total. The van der Waals surface area contributed by atoms with Crippen LogP contribution in [0.25, 0.3) is 0 Å². The van der Waals surface area contributed by atoms with Crippen LogP contribution in [0, 0.1) is 5.92 Å². The molecule has 1 unspecified atom stereocenters. The molecule has 1 aromatic heterocycles. The molecular weight excluding hydrogens is 240 g/mol. The standard InChI is InChI=1S/C10H16N4O2S/c1-8-4-5-14(7-8)17(15,16)9-2-3-10(13-11)12-6-9/h2-3,6,8H,4-5,7,11H2,1H3,(H,12,13). The zero-order valence-corrected chi connectivity index (χ0v) is 10.4. The van der Waals surface area contributed by atoms with Gasteiger partial charge < -0.3 is 5.43 Å². The number of hydrogen-bond acceptors (Lipinski definition) is 5. The summed E-state index contributed by atoms with van der Waals surface area (Å²) in [6.07, 6.45) is 2.24. The molecule has 6 nitrogen and oxygen atoms in total. The molecule has 1 aromatic rings. The molecule has 0 bridgehead atoms.